The Kier molecular flexibility index (Phi) is 3.66. The van der Waals surface area contributed by atoms with Gasteiger partial charge in [-0.25, -0.2) is 0 Å². The van der Waals surface area contributed by atoms with Crippen LogP contribution in [-0.2, 0) is 11.2 Å². The number of rotatable bonds is 4. The number of ether oxygens (including phenoxy) is 1. The van der Waals surface area contributed by atoms with Gasteiger partial charge < -0.3 is 4.74 Å². The van der Waals surface area contributed by atoms with Gasteiger partial charge in [0.15, 0.2) is 0 Å². The molecule has 0 N–H and O–H groups in total. The van der Waals surface area contributed by atoms with Crippen molar-refractivity contribution in [2.24, 2.45) is 0 Å². The number of ketones is 1. The lowest BCUT2D eigenvalue weighted by atomic mass is 10.0. The molecule has 1 aliphatic rings. The number of carbonyl (C=O) groups is 1. The van der Waals surface area contributed by atoms with Crippen LogP contribution in [0.25, 0.3) is 0 Å². The zero-order chi connectivity index (χ0) is 11.4. The van der Waals surface area contributed by atoms with Crippen LogP contribution in [0.1, 0.15) is 41.6 Å². The summed E-state index contributed by atoms with van der Waals surface area (Å²) in [6.07, 6.45) is 5.07. The Balaban J connectivity index is 2.19. The Morgan fingerprint density at radius 2 is 2.50 bits per heavy atom. The third kappa shape index (κ3) is 2.29. The summed E-state index contributed by atoms with van der Waals surface area (Å²) >= 11 is 1.18. The zero-order valence-corrected chi connectivity index (χ0v) is 10.0. The van der Waals surface area contributed by atoms with Crippen molar-refractivity contribution in [3.8, 4) is 0 Å². The second-order valence-electron chi connectivity index (χ2n) is 3.75. The minimum Gasteiger partial charge on any atom is -0.501 e. The fourth-order valence-corrected chi connectivity index (χ4v) is 2.34. The third-order valence-corrected chi connectivity index (χ3v) is 3.24. The van der Waals surface area contributed by atoms with E-state index in [1.807, 2.05) is 0 Å². The van der Waals surface area contributed by atoms with Crippen LogP contribution in [0.15, 0.2) is 11.8 Å². The minimum absolute atomic E-state index is 0.0400. The number of nitrogens with zero attached hydrogens (tertiary/aromatic N) is 2. The first-order valence-corrected chi connectivity index (χ1v) is 6.27. The van der Waals surface area contributed by atoms with Crippen molar-refractivity contribution in [2.45, 2.75) is 32.6 Å². The molecule has 0 saturated heterocycles. The van der Waals surface area contributed by atoms with Gasteiger partial charge in [0.25, 0.3) is 0 Å². The Morgan fingerprint density at radius 3 is 3.19 bits per heavy atom. The number of aryl methyl sites for hydroxylation is 1. The molecule has 0 atom stereocenters. The Bertz CT molecular complexity index is 412. The normalized spacial score (nSPS) is 15.4. The van der Waals surface area contributed by atoms with Gasteiger partial charge in [-0.15, -0.1) is 5.10 Å². The molecular formula is C11H14N2O2S. The molecule has 1 aromatic rings. The van der Waals surface area contributed by atoms with Crippen LogP contribution in [0.2, 0.25) is 0 Å². The van der Waals surface area contributed by atoms with Gasteiger partial charge in [-0.3, -0.25) is 4.79 Å². The molecule has 1 aliphatic heterocycles. The molecule has 1 aromatic heterocycles. The fraction of sp³-hybridized carbons (Fsp3) is 0.545. The molecule has 5 heteroatoms. The molecule has 0 bridgehead atoms. The van der Waals surface area contributed by atoms with Crippen LogP contribution in [0, 0.1) is 0 Å². The standard InChI is InChI=1S/C11H14N2O2S/c1-2-4-9-11(16-13-12-9)10(14)8-5-3-6-15-7-8/h7H,2-6H2,1H3. The van der Waals surface area contributed by atoms with Crippen LogP contribution >= 0.6 is 11.5 Å². The molecule has 0 spiro atoms. The Morgan fingerprint density at radius 1 is 1.62 bits per heavy atom. The van der Waals surface area contributed by atoms with Gasteiger partial charge in [0.05, 0.1) is 18.6 Å². The molecule has 0 fully saturated rings. The topological polar surface area (TPSA) is 52.1 Å². The van der Waals surface area contributed by atoms with E-state index in [0.29, 0.717) is 11.5 Å². The summed E-state index contributed by atoms with van der Waals surface area (Å²) in [4.78, 5) is 12.8. The van der Waals surface area contributed by atoms with E-state index in [-0.39, 0.29) is 5.78 Å². The van der Waals surface area contributed by atoms with Crippen LogP contribution in [-0.4, -0.2) is 22.0 Å². The highest BCUT2D eigenvalue weighted by Crippen LogP contribution is 2.22. The lowest BCUT2D eigenvalue weighted by Crippen LogP contribution is -2.09. The third-order valence-electron chi connectivity index (χ3n) is 2.47. The van der Waals surface area contributed by atoms with Crippen LogP contribution in [0.3, 0.4) is 0 Å². The first kappa shape index (κ1) is 11.3. The Labute approximate surface area is 98.5 Å². The van der Waals surface area contributed by atoms with E-state index in [2.05, 4.69) is 16.5 Å². The lowest BCUT2D eigenvalue weighted by Gasteiger charge is -2.11. The summed E-state index contributed by atoms with van der Waals surface area (Å²) < 4.78 is 9.04. The van der Waals surface area contributed by atoms with Crippen LogP contribution < -0.4 is 0 Å². The van der Waals surface area contributed by atoms with Crippen molar-refractivity contribution >= 4 is 17.3 Å². The second-order valence-corrected chi connectivity index (χ2v) is 4.50. The maximum atomic E-state index is 12.1. The highest BCUT2D eigenvalue weighted by atomic mass is 32.1. The summed E-state index contributed by atoms with van der Waals surface area (Å²) in [5.74, 6) is 0.0400. The monoisotopic (exact) mass is 238 g/mol. The molecule has 4 nitrogen and oxygen atoms in total. The number of allylic oxidation sites excluding steroid dienone is 1. The van der Waals surface area contributed by atoms with Gasteiger partial charge >= 0.3 is 0 Å². The van der Waals surface area contributed by atoms with Crippen LogP contribution in [0.4, 0.5) is 0 Å². The zero-order valence-electron chi connectivity index (χ0n) is 9.23. The SMILES string of the molecule is CCCc1nnsc1C(=O)C1=COCCC1. The molecule has 86 valence electrons. The van der Waals surface area contributed by atoms with Gasteiger partial charge in [0, 0.05) is 5.57 Å². The van der Waals surface area contributed by atoms with E-state index in [1.165, 1.54) is 11.5 Å². The molecule has 0 unspecified atom stereocenters. The molecule has 16 heavy (non-hydrogen) atoms. The summed E-state index contributed by atoms with van der Waals surface area (Å²) in [5, 5.41) is 4.00. The number of hydrogen-bond acceptors (Lipinski definition) is 5. The molecule has 2 rings (SSSR count). The summed E-state index contributed by atoms with van der Waals surface area (Å²) in [5.41, 5.74) is 1.57. The summed E-state index contributed by atoms with van der Waals surface area (Å²) in [7, 11) is 0. The van der Waals surface area contributed by atoms with Crippen molar-refractivity contribution in [3.05, 3.63) is 22.4 Å². The predicted octanol–water partition coefficient (Wildman–Crippen LogP) is 2.37. The van der Waals surface area contributed by atoms with Crippen molar-refractivity contribution < 1.29 is 9.53 Å². The number of Topliss-reactive ketones (excluding diaryl/α,β-unsaturated/α-hetero) is 1. The number of carbonyl (C=O) groups excluding carboxylic acids is 1. The van der Waals surface area contributed by atoms with Gasteiger partial charge in [-0.2, -0.15) is 0 Å². The van der Waals surface area contributed by atoms with Crippen molar-refractivity contribution in [1.82, 2.24) is 9.59 Å². The first-order chi connectivity index (χ1) is 7.83. The largest absolute Gasteiger partial charge is 0.501 e. The average Bonchev–Trinajstić information content (AvgIpc) is 2.78. The first-order valence-electron chi connectivity index (χ1n) is 5.49. The molecular weight excluding hydrogens is 224 g/mol. The quantitative estimate of drug-likeness (QED) is 0.756. The van der Waals surface area contributed by atoms with E-state index >= 15 is 0 Å². The van der Waals surface area contributed by atoms with Gasteiger partial charge in [0.1, 0.15) is 4.88 Å². The second kappa shape index (κ2) is 5.21. The van der Waals surface area contributed by atoms with Gasteiger partial charge in [-0.05, 0) is 30.8 Å². The molecule has 0 aliphatic carbocycles. The molecule has 2 heterocycles. The van der Waals surface area contributed by atoms with Crippen LogP contribution in [0.5, 0.6) is 0 Å². The van der Waals surface area contributed by atoms with E-state index < -0.39 is 0 Å². The minimum atomic E-state index is 0.0400. The maximum Gasteiger partial charge on any atom is 0.205 e. The van der Waals surface area contributed by atoms with Crippen molar-refractivity contribution in [1.29, 1.82) is 0 Å². The number of hydrogen-bond donors (Lipinski definition) is 0. The van der Waals surface area contributed by atoms with Crippen molar-refractivity contribution in [2.75, 3.05) is 6.61 Å². The van der Waals surface area contributed by atoms with E-state index in [9.17, 15) is 4.79 Å². The van der Waals surface area contributed by atoms with E-state index in [0.717, 1.165) is 37.0 Å². The fourth-order valence-electron chi connectivity index (χ4n) is 1.66. The smallest absolute Gasteiger partial charge is 0.205 e. The molecule has 0 amide bonds. The van der Waals surface area contributed by atoms with Gasteiger partial charge in [0.2, 0.25) is 5.78 Å². The highest BCUT2D eigenvalue weighted by Gasteiger charge is 2.21. The maximum absolute atomic E-state index is 12.1. The Hall–Kier alpha value is -1.23. The van der Waals surface area contributed by atoms with E-state index in [1.54, 1.807) is 6.26 Å². The average molecular weight is 238 g/mol. The predicted molar refractivity (Wildman–Crippen MR) is 61.5 cm³/mol. The van der Waals surface area contributed by atoms with Crippen molar-refractivity contribution in [3.63, 3.8) is 0 Å². The van der Waals surface area contributed by atoms with E-state index in [4.69, 9.17) is 4.74 Å². The molecule has 0 saturated carbocycles. The highest BCUT2D eigenvalue weighted by molar-refractivity contribution is 7.08. The summed E-state index contributed by atoms with van der Waals surface area (Å²) in [6, 6.07) is 0. The number of aromatic nitrogens is 2. The lowest BCUT2D eigenvalue weighted by molar-refractivity contribution is 0.101. The van der Waals surface area contributed by atoms with Gasteiger partial charge in [-0.1, -0.05) is 17.8 Å². The molecule has 0 radical (unpaired) electrons. The molecule has 0 aromatic carbocycles. The summed E-state index contributed by atoms with van der Waals surface area (Å²) in [6.45, 7) is 2.77.